The van der Waals surface area contributed by atoms with E-state index in [0.29, 0.717) is 0 Å². The number of anilines is 1. The highest BCUT2D eigenvalue weighted by atomic mass is 35.5. The Morgan fingerprint density at radius 1 is 1.40 bits per heavy atom. The Kier molecular flexibility index (Phi) is 4.96. The highest BCUT2D eigenvalue weighted by Crippen LogP contribution is 2.25. The topological polar surface area (TPSA) is 110 Å². The Morgan fingerprint density at radius 2 is 2.00 bits per heavy atom. The summed E-state index contributed by atoms with van der Waals surface area (Å²) in [5.74, 6) is -2.17. The van der Waals surface area contributed by atoms with Gasteiger partial charge < -0.3 is 9.84 Å². The zero-order valence-corrected chi connectivity index (χ0v) is 12.2. The van der Waals surface area contributed by atoms with Gasteiger partial charge in [0.1, 0.15) is 0 Å². The van der Waals surface area contributed by atoms with Crippen LogP contribution in [0.3, 0.4) is 0 Å². The molecule has 0 aromatic heterocycles. The number of ether oxygens (including phenoxy) is 1. The lowest BCUT2D eigenvalue weighted by Crippen LogP contribution is -2.32. The van der Waals surface area contributed by atoms with Gasteiger partial charge in [-0.15, -0.1) is 0 Å². The second kappa shape index (κ2) is 6.10. The molecule has 1 aromatic rings. The third kappa shape index (κ3) is 3.61. The van der Waals surface area contributed by atoms with Crippen LogP contribution in [-0.4, -0.2) is 37.8 Å². The molecule has 7 nitrogen and oxygen atoms in total. The smallest absolute Gasteiger partial charge is 0.337 e. The minimum atomic E-state index is -4.17. The van der Waals surface area contributed by atoms with Gasteiger partial charge in [-0.1, -0.05) is 11.6 Å². The summed E-state index contributed by atoms with van der Waals surface area (Å²) in [6.07, 6.45) is 0. The average molecular weight is 322 g/mol. The van der Waals surface area contributed by atoms with Crippen molar-refractivity contribution in [1.29, 1.82) is 0 Å². The lowest BCUT2D eigenvalue weighted by Gasteiger charge is -2.13. The molecule has 0 radical (unpaired) electrons. The highest BCUT2D eigenvalue weighted by Gasteiger charge is 2.28. The number of hydrogen-bond acceptors (Lipinski definition) is 5. The molecule has 0 fully saturated rings. The van der Waals surface area contributed by atoms with E-state index in [9.17, 15) is 18.0 Å². The molecule has 0 heterocycles. The fourth-order valence-corrected chi connectivity index (χ4v) is 2.36. The maximum atomic E-state index is 11.8. The number of hydrogen-bond donors (Lipinski definition) is 2. The Labute approximate surface area is 120 Å². The molecule has 0 amide bonds. The maximum absolute atomic E-state index is 11.8. The number of benzene rings is 1. The van der Waals surface area contributed by atoms with Gasteiger partial charge in [0.25, 0.3) is 0 Å². The number of carboxylic acid groups (broad SMARTS) is 1. The van der Waals surface area contributed by atoms with Gasteiger partial charge in [-0.05, 0) is 25.1 Å². The number of carbonyl (C=O) groups is 2. The van der Waals surface area contributed by atoms with Crippen LogP contribution in [0.25, 0.3) is 0 Å². The van der Waals surface area contributed by atoms with Crippen LogP contribution in [0.2, 0.25) is 5.02 Å². The molecule has 20 heavy (non-hydrogen) atoms. The molecule has 0 spiro atoms. The molecule has 0 saturated carbocycles. The van der Waals surface area contributed by atoms with Crippen molar-refractivity contribution in [2.45, 2.75) is 12.2 Å². The van der Waals surface area contributed by atoms with Crippen molar-refractivity contribution < 1.29 is 27.9 Å². The molecule has 1 rings (SSSR count). The van der Waals surface area contributed by atoms with E-state index >= 15 is 0 Å². The van der Waals surface area contributed by atoms with Gasteiger partial charge in [0.15, 0.2) is 5.25 Å². The lowest BCUT2D eigenvalue weighted by molar-refractivity contribution is -0.136. The van der Waals surface area contributed by atoms with Crippen LogP contribution in [0, 0.1) is 0 Å². The molecule has 9 heteroatoms. The molecular formula is C11H12ClNO6S. The van der Waals surface area contributed by atoms with E-state index in [0.717, 1.165) is 6.92 Å². The predicted octanol–water partition coefficient (Wildman–Crippen LogP) is 1.34. The predicted molar refractivity (Wildman–Crippen MR) is 72.4 cm³/mol. The number of carboxylic acids is 1. The Morgan fingerprint density at radius 3 is 2.50 bits per heavy atom. The highest BCUT2D eigenvalue weighted by molar-refractivity contribution is 7.94. The molecule has 1 aromatic carbocycles. The third-order valence-electron chi connectivity index (χ3n) is 2.45. The first-order chi connectivity index (χ1) is 9.19. The maximum Gasteiger partial charge on any atom is 0.337 e. The molecule has 0 aliphatic carbocycles. The van der Waals surface area contributed by atoms with Crippen molar-refractivity contribution in [3.63, 3.8) is 0 Å². The van der Waals surface area contributed by atoms with Crippen LogP contribution < -0.4 is 4.72 Å². The van der Waals surface area contributed by atoms with Gasteiger partial charge in [0.05, 0.1) is 23.4 Å². The first-order valence-corrected chi connectivity index (χ1v) is 7.23. The Bertz CT molecular complexity index is 642. The standard InChI is InChI=1S/C11H12ClNO6S/c1-6(10(14)15)20(17,18)13-9-5-7(11(16)19-2)3-4-8(9)12/h3-6,13H,1-2H3,(H,14,15). The van der Waals surface area contributed by atoms with Crippen molar-refractivity contribution in [2.75, 3.05) is 11.8 Å². The number of halogens is 1. The summed E-state index contributed by atoms with van der Waals surface area (Å²) in [5.41, 5.74) is -0.0137. The van der Waals surface area contributed by atoms with E-state index in [2.05, 4.69) is 4.74 Å². The summed E-state index contributed by atoms with van der Waals surface area (Å²) in [4.78, 5) is 22.1. The van der Waals surface area contributed by atoms with Crippen LogP contribution in [-0.2, 0) is 19.6 Å². The van der Waals surface area contributed by atoms with Crippen molar-refractivity contribution in [2.24, 2.45) is 0 Å². The van der Waals surface area contributed by atoms with E-state index in [1.807, 2.05) is 4.72 Å². The normalized spacial score (nSPS) is 12.6. The monoisotopic (exact) mass is 321 g/mol. The minimum Gasteiger partial charge on any atom is -0.480 e. The third-order valence-corrected chi connectivity index (χ3v) is 4.42. The lowest BCUT2D eigenvalue weighted by atomic mass is 10.2. The first-order valence-electron chi connectivity index (χ1n) is 5.31. The zero-order valence-electron chi connectivity index (χ0n) is 10.6. The number of sulfonamides is 1. The van der Waals surface area contributed by atoms with E-state index in [4.69, 9.17) is 16.7 Å². The first kappa shape index (κ1) is 16.3. The van der Waals surface area contributed by atoms with Crippen molar-refractivity contribution in [1.82, 2.24) is 0 Å². The number of carbonyl (C=O) groups excluding carboxylic acids is 1. The fraction of sp³-hybridized carbons (Fsp3) is 0.273. The summed E-state index contributed by atoms with van der Waals surface area (Å²) in [5, 5.41) is 7.08. The molecule has 0 aliphatic heterocycles. The Balaban J connectivity index is 3.15. The second-order valence-corrected chi connectivity index (χ2v) is 6.22. The van der Waals surface area contributed by atoms with Crippen LogP contribution in [0.5, 0.6) is 0 Å². The SMILES string of the molecule is COC(=O)c1ccc(Cl)c(NS(=O)(=O)C(C)C(=O)O)c1. The molecule has 1 unspecified atom stereocenters. The summed E-state index contributed by atoms with van der Waals surface area (Å²) in [7, 11) is -3.00. The molecular weight excluding hydrogens is 310 g/mol. The summed E-state index contributed by atoms with van der Waals surface area (Å²) >= 11 is 5.81. The van der Waals surface area contributed by atoms with Gasteiger partial charge in [-0.2, -0.15) is 0 Å². The fourth-order valence-electron chi connectivity index (χ4n) is 1.22. The Hall–Kier alpha value is -1.80. The van der Waals surface area contributed by atoms with E-state index in [1.165, 1.54) is 25.3 Å². The van der Waals surface area contributed by atoms with Gasteiger partial charge in [0, 0.05) is 0 Å². The number of nitrogens with one attached hydrogen (secondary N) is 1. The number of methoxy groups -OCH3 is 1. The van der Waals surface area contributed by atoms with Crippen LogP contribution in [0.1, 0.15) is 17.3 Å². The quantitative estimate of drug-likeness (QED) is 0.792. The van der Waals surface area contributed by atoms with Crippen molar-refractivity contribution in [3.8, 4) is 0 Å². The van der Waals surface area contributed by atoms with E-state index in [-0.39, 0.29) is 16.3 Å². The largest absolute Gasteiger partial charge is 0.480 e. The van der Waals surface area contributed by atoms with Gasteiger partial charge in [0.2, 0.25) is 10.0 Å². The summed E-state index contributed by atoms with van der Waals surface area (Å²) in [6.45, 7) is 1.02. The summed E-state index contributed by atoms with van der Waals surface area (Å²) in [6, 6.07) is 3.82. The van der Waals surface area contributed by atoms with E-state index in [1.54, 1.807) is 0 Å². The van der Waals surface area contributed by atoms with Crippen molar-refractivity contribution in [3.05, 3.63) is 28.8 Å². The van der Waals surface area contributed by atoms with Crippen LogP contribution >= 0.6 is 11.6 Å². The van der Waals surface area contributed by atoms with E-state index < -0.39 is 27.2 Å². The average Bonchev–Trinajstić information content (AvgIpc) is 2.39. The number of rotatable bonds is 5. The number of aliphatic carboxylic acids is 1. The van der Waals surface area contributed by atoms with Gasteiger partial charge in [-0.3, -0.25) is 9.52 Å². The van der Waals surface area contributed by atoms with Crippen LogP contribution in [0.4, 0.5) is 5.69 Å². The molecule has 110 valence electrons. The number of esters is 1. The molecule has 1 atom stereocenters. The van der Waals surface area contributed by atoms with Crippen LogP contribution in [0.15, 0.2) is 18.2 Å². The minimum absolute atomic E-state index is 0.0267. The molecule has 0 saturated heterocycles. The molecule has 0 aliphatic rings. The van der Waals surface area contributed by atoms with Gasteiger partial charge >= 0.3 is 11.9 Å². The zero-order chi connectivity index (χ0) is 15.5. The van der Waals surface area contributed by atoms with Gasteiger partial charge in [-0.25, -0.2) is 13.2 Å². The molecule has 2 N–H and O–H groups in total. The molecule has 0 bridgehead atoms. The summed E-state index contributed by atoms with van der Waals surface area (Å²) < 4.78 is 30.1. The second-order valence-electron chi connectivity index (χ2n) is 3.81. The van der Waals surface area contributed by atoms with Crippen molar-refractivity contribution >= 4 is 39.3 Å².